The van der Waals surface area contributed by atoms with E-state index < -0.39 is 26.0 Å². The summed E-state index contributed by atoms with van der Waals surface area (Å²) in [5, 5.41) is 6.13. The molecule has 0 fully saturated rings. The molecule has 5 aromatic rings. The molecule has 0 aliphatic heterocycles. The van der Waals surface area contributed by atoms with Gasteiger partial charge in [-0.2, -0.15) is 0 Å². The Morgan fingerprint density at radius 2 is 1.15 bits per heavy atom. The van der Waals surface area contributed by atoms with E-state index in [4.69, 9.17) is 0 Å². The highest BCUT2D eigenvalue weighted by atomic mass is 32.3. The normalized spacial score (nSPS) is 11.6. The predicted octanol–water partition coefficient (Wildman–Crippen LogP) is 6.33. The van der Waals surface area contributed by atoms with Crippen molar-refractivity contribution in [1.82, 2.24) is 0 Å². The summed E-state index contributed by atoms with van der Waals surface area (Å²) in [5.74, 6) is -0.549. The maximum absolute atomic E-state index is 13.4. The first kappa shape index (κ1) is 26.6. The number of carbonyl (C=O) groups is 1. The molecule has 0 saturated heterocycles. The molecule has 0 saturated carbocycles. The number of sulfonamides is 2. The number of rotatable bonds is 9. The zero-order valence-corrected chi connectivity index (χ0v) is 23.3. The number of amides is 1. The summed E-state index contributed by atoms with van der Waals surface area (Å²) in [4.78, 5) is 13.4. The minimum Gasteiger partial charge on any atom is -0.321 e. The molecule has 0 bridgehead atoms. The van der Waals surface area contributed by atoms with Gasteiger partial charge in [0.15, 0.2) is 0 Å². The van der Waals surface area contributed by atoms with Crippen molar-refractivity contribution >= 4 is 65.7 Å². The second kappa shape index (κ2) is 11.0. The SMILES string of the molecule is O=C(Nc1ccccc1-c1ccccc1)c1cc(NS(=O)(=O)c2cccs2)cc(NS(=O)(=O)c2cccs2)c1. The van der Waals surface area contributed by atoms with Crippen LogP contribution in [0.2, 0.25) is 0 Å². The second-order valence-corrected chi connectivity index (χ2v) is 14.0. The van der Waals surface area contributed by atoms with Gasteiger partial charge in [-0.3, -0.25) is 14.2 Å². The van der Waals surface area contributed by atoms with Gasteiger partial charge in [0.2, 0.25) is 0 Å². The molecule has 39 heavy (non-hydrogen) atoms. The Hall–Kier alpha value is -3.97. The molecule has 2 heterocycles. The number of carbonyl (C=O) groups excluding carboxylic acids is 1. The van der Waals surface area contributed by atoms with Crippen molar-refractivity contribution in [3.05, 3.63) is 113 Å². The van der Waals surface area contributed by atoms with Gasteiger partial charge in [-0.1, -0.05) is 60.7 Å². The first-order valence-corrected chi connectivity index (χ1v) is 16.2. The van der Waals surface area contributed by atoms with E-state index in [2.05, 4.69) is 14.8 Å². The van der Waals surface area contributed by atoms with Crippen molar-refractivity contribution in [3.63, 3.8) is 0 Å². The van der Waals surface area contributed by atoms with E-state index in [1.165, 1.54) is 30.3 Å². The fraction of sp³-hybridized carbons (Fsp3) is 0. The van der Waals surface area contributed by atoms with Crippen molar-refractivity contribution in [2.45, 2.75) is 8.42 Å². The van der Waals surface area contributed by atoms with Gasteiger partial charge in [0, 0.05) is 16.8 Å². The van der Waals surface area contributed by atoms with E-state index >= 15 is 0 Å². The van der Waals surface area contributed by atoms with Crippen LogP contribution in [0.4, 0.5) is 17.1 Å². The number of anilines is 3. The van der Waals surface area contributed by atoms with Crippen LogP contribution in [0.3, 0.4) is 0 Å². The van der Waals surface area contributed by atoms with Gasteiger partial charge in [-0.05, 0) is 52.7 Å². The van der Waals surface area contributed by atoms with Crippen molar-refractivity contribution < 1.29 is 21.6 Å². The standard InChI is InChI=1S/C27H21N3O5S4/c31-27(28-24-11-5-4-10-23(24)19-8-2-1-3-9-19)20-16-21(29-38(32,33)25-12-6-14-36-25)18-22(17-20)30-39(34,35)26-13-7-15-37-26/h1-18,29-30H,(H,28,31). The summed E-state index contributed by atoms with van der Waals surface area (Å²) in [5.41, 5.74) is 2.33. The number of benzene rings is 3. The van der Waals surface area contributed by atoms with Gasteiger partial charge in [-0.15, -0.1) is 22.7 Å². The molecule has 0 spiro atoms. The van der Waals surface area contributed by atoms with Crippen LogP contribution in [0.25, 0.3) is 11.1 Å². The highest BCUT2D eigenvalue weighted by Gasteiger charge is 2.21. The first-order valence-electron chi connectivity index (χ1n) is 11.4. The lowest BCUT2D eigenvalue weighted by atomic mass is 10.0. The minimum absolute atomic E-state index is 0.0243. The Bertz CT molecular complexity index is 1740. The molecule has 3 aromatic carbocycles. The predicted molar refractivity (Wildman–Crippen MR) is 157 cm³/mol. The van der Waals surface area contributed by atoms with Crippen LogP contribution in [0.15, 0.2) is 116 Å². The Morgan fingerprint density at radius 3 is 1.69 bits per heavy atom. The molecule has 0 unspecified atom stereocenters. The van der Waals surface area contributed by atoms with Crippen molar-refractivity contribution in [3.8, 4) is 11.1 Å². The monoisotopic (exact) mass is 595 g/mol. The molecular formula is C27H21N3O5S4. The van der Waals surface area contributed by atoms with E-state index in [0.717, 1.165) is 33.8 Å². The molecule has 12 heteroatoms. The maximum atomic E-state index is 13.4. The van der Waals surface area contributed by atoms with Gasteiger partial charge in [-0.25, -0.2) is 16.8 Å². The van der Waals surface area contributed by atoms with Crippen LogP contribution in [-0.2, 0) is 20.0 Å². The summed E-state index contributed by atoms with van der Waals surface area (Å²) < 4.78 is 56.6. The summed E-state index contributed by atoms with van der Waals surface area (Å²) in [6, 6.07) is 26.9. The van der Waals surface area contributed by atoms with Crippen molar-refractivity contribution in [1.29, 1.82) is 0 Å². The van der Waals surface area contributed by atoms with Crippen LogP contribution in [-0.4, -0.2) is 22.7 Å². The topological polar surface area (TPSA) is 121 Å². The van der Waals surface area contributed by atoms with Gasteiger partial charge >= 0.3 is 0 Å². The molecule has 1 amide bonds. The van der Waals surface area contributed by atoms with Crippen molar-refractivity contribution in [2.24, 2.45) is 0 Å². The quantitative estimate of drug-likeness (QED) is 0.184. The first-order chi connectivity index (χ1) is 18.7. The highest BCUT2D eigenvalue weighted by Crippen LogP contribution is 2.30. The summed E-state index contributed by atoms with van der Waals surface area (Å²) >= 11 is 2.07. The number of thiophene rings is 2. The lowest BCUT2D eigenvalue weighted by Gasteiger charge is -2.15. The largest absolute Gasteiger partial charge is 0.321 e. The zero-order valence-electron chi connectivity index (χ0n) is 20.1. The minimum atomic E-state index is -3.96. The van der Waals surface area contributed by atoms with Gasteiger partial charge in [0.25, 0.3) is 26.0 Å². The van der Waals surface area contributed by atoms with Crippen LogP contribution < -0.4 is 14.8 Å². The fourth-order valence-corrected chi connectivity index (χ4v) is 7.84. The molecule has 0 aliphatic carbocycles. The lowest BCUT2D eigenvalue weighted by molar-refractivity contribution is 0.102. The lowest BCUT2D eigenvalue weighted by Crippen LogP contribution is -2.17. The average Bonchev–Trinajstić information content (AvgIpc) is 3.65. The third kappa shape index (κ3) is 6.20. The number of hydrogen-bond donors (Lipinski definition) is 3. The third-order valence-corrected chi connectivity index (χ3v) is 11.0. The van der Waals surface area contributed by atoms with Gasteiger partial charge in [0.05, 0.1) is 11.4 Å². The molecular weight excluding hydrogens is 575 g/mol. The Kier molecular flexibility index (Phi) is 7.53. The van der Waals surface area contributed by atoms with Crippen LogP contribution >= 0.6 is 22.7 Å². The fourth-order valence-electron chi connectivity index (χ4n) is 3.78. The summed E-state index contributed by atoms with van der Waals surface area (Å²) in [6.45, 7) is 0. The molecule has 2 aromatic heterocycles. The van der Waals surface area contributed by atoms with Gasteiger partial charge < -0.3 is 5.32 Å². The summed E-state index contributed by atoms with van der Waals surface area (Å²) in [7, 11) is -7.91. The molecule has 0 radical (unpaired) electrons. The third-order valence-electron chi connectivity index (χ3n) is 5.48. The molecule has 0 aliphatic rings. The van der Waals surface area contributed by atoms with Crippen molar-refractivity contribution in [2.75, 3.05) is 14.8 Å². The Balaban J connectivity index is 1.51. The van der Waals surface area contributed by atoms with E-state index in [9.17, 15) is 21.6 Å². The van der Waals surface area contributed by atoms with Crippen LogP contribution in [0.1, 0.15) is 10.4 Å². The zero-order chi connectivity index (χ0) is 27.5. The van der Waals surface area contributed by atoms with E-state index in [0.29, 0.717) is 5.69 Å². The van der Waals surface area contributed by atoms with Crippen LogP contribution in [0.5, 0.6) is 0 Å². The Labute approximate surface area is 234 Å². The van der Waals surface area contributed by atoms with E-state index in [1.807, 2.05) is 42.5 Å². The number of hydrogen-bond acceptors (Lipinski definition) is 7. The molecule has 8 nitrogen and oxygen atoms in total. The smallest absolute Gasteiger partial charge is 0.271 e. The number of para-hydroxylation sites is 1. The van der Waals surface area contributed by atoms with Crippen LogP contribution in [0, 0.1) is 0 Å². The average molecular weight is 596 g/mol. The summed E-state index contributed by atoms with van der Waals surface area (Å²) in [6.07, 6.45) is 0. The Morgan fingerprint density at radius 1 is 0.615 bits per heavy atom. The maximum Gasteiger partial charge on any atom is 0.271 e. The molecule has 0 atom stereocenters. The molecule has 5 rings (SSSR count). The second-order valence-electron chi connectivity index (χ2n) is 8.24. The molecule has 3 N–H and O–H groups in total. The van der Waals surface area contributed by atoms with Gasteiger partial charge in [0.1, 0.15) is 8.42 Å². The van der Waals surface area contributed by atoms with E-state index in [1.54, 1.807) is 35.0 Å². The van der Waals surface area contributed by atoms with E-state index in [-0.39, 0.29) is 25.4 Å². The highest BCUT2D eigenvalue weighted by molar-refractivity contribution is 7.95. The number of nitrogens with one attached hydrogen (secondary N) is 3. The molecule has 198 valence electrons.